The number of hydrogen-bond acceptors (Lipinski definition) is 1. The molecule has 0 radical (unpaired) electrons. The van der Waals surface area contributed by atoms with Crippen molar-refractivity contribution in [1.82, 2.24) is 4.90 Å². The Kier molecular flexibility index (Phi) is 1.93. The van der Waals surface area contributed by atoms with Crippen LogP contribution in [0.25, 0.3) is 0 Å². The Labute approximate surface area is 86.5 Å². The summed E-state index contributed by atoms with van der Waals surface area (Å²) in [5.41, 5.74) is 3.26. The van der Waals surface area contributed by atoms with Gasteiger partial charge in [0.15, 0.2) is 0 Å². The monoisotopic (exact) mass is 189 g/mol. The van der Waals surface area contributed by atoms with Crippen molar-refractivity contribution in [3.8, 4) is 0 Å². The molecule has 0 unspecified atom stereocenters. The summed E-state index contributed by atoms with van der Waals surface area (Å²) in [7, 11) is 0. The molecule has 3 rings (SSSR count). The molecule has 0 aromatic heterocycles. The maximum Gasteiger partial charge on any atom is 0.0335 e. The molecule has 76 valence electrons. The van der Waals surface area contributed by atoms with E-state index in [1.54, 1.807) is 11.4 Å². The van der Waals surface area contributed by atoms with Gasteiger partial charge in [0.2, 0.25) is 0 Å². The molecule has 2 saturated heterocycles. The first-order valence-electron chi connectivity index (χ1n) is 6.05. The van der Waals surface area contributed by atoms with Gasteiger partial charge in [0.25, 0.3) is 0 Å². The first kappa shape index (κ1) is 8.58. The second-order valence-corrected chi connectivity index (χ2v) is 4.98. The maximum absolute atomic E-state index is 2.66. The maximum atomic E-state index is 2.66. The van der Waals surface area contributed by atoms with Gasteiger partial charge in [0.1, 0.15) is 0 Å². The molecule has 0 bridgehead atoms. The Morgan fingerprint density at radius 1 is 1.07 bits per heavy atom. The van der Waals surface area contributed by atoms with Gasteiger partial charge in [0, 0.05) is 17.4 Å². The lowest BCUT2D eigenvalue weighted by Crippen LogP contribution is -2.41. The zero-order chi connectivity index (χ0) is 9.54. The van der Waals surface area contributed by atoms with Gasteiger partial charge in [-0.05, 0) is 44.4 Å². The van der Waals surface area contributed by atoms with Crippen LogP contribution in [0, 0.1) is 5.92 Å². The molecule has 0 aromatic carbocycles. The molecule has 0 aromatic rings. The van der Waals surface area contributed by atoms with Gasteiger partial charge >= 0.3 is 0 Å². The van der Waals surface area contributed by atoms with Gasteiger partial charge in [-0.15, -0.1) is 0 Å². The highest BCUT2D eigenvalue weighted by Crippen LogP contribution is 2.40. The smallest absolute Gasteiger partial charge is 0.0335 e. The molecule has 0 spiro atoms. The van der Waals surface area contributed by atoms with Crippen LogP contribution in [-0.2, 0) is 0 Å². The minimum atomic E-state index is 0.674. The highest BCUT2D eigenvalue weighted by molar-refractivity contribution is 5.26. The SMILES string of the molecule is CC1C=C2CCCC3CCCC(=C1)N23. The van der Waals surface area contributed by atoms with Crippen LogP contribution >= 0.6 is 0 Å². The van der Waals surface area contributed by atoms with E-state index in [1.165, 1.54) is 38.5 Å². The van der Waals surface area contributed by atoms with E-state index < -0.39 is 0 Å². The summed E-state index contributed by atoms with van der Waals surface area (Å²) in [5, 5.41) is 0. The normalized spacial score (nSPS) is 28.2. The molecule has 0 atom stereocenters. The summed E-state index contributed by atoms with van der Waals surface area (Å²) in [4.78, 5) is 2.66. The van der Waals surface area contributed by atoms with E-state index in [0.29, 0.717) is 5.92 Å². The molecule has 2 fully saturated rings. The quantitative estimate of drug-likeness (QED) is 0.564. The highest BCUT2D eigenvalue weighted by Gasteiger charge is 2.32. The first-order chi connectivity index (χ1) is 6.84. The fraction of sp³-hybridized carbons (Fsp3) is 0.692. The number of allylic oxidation sites excluding steroid dienone is 4. The minimum absolute atomic E-state index is 0.674. The molecule has 0 aliphatic carbocycles. The largest absolute Gasteiger partial charge is 0.346 e. The van der Waals surface area contributed by atoms with Crippen molar-refractivity contribution in [2.24, 2.45) is 5.92 Å². The van der Waals surface area contributed by atoms with Crippen LogP contribution in [-0.4, -0.2) is 10.9 Å². The van der Waals surface area contributed by atoms with E-state index in [4.69, 9.17) is 0 Å². The molecule has 1 nitrogen and oxygen atoms in total. The van der Waals surface area contributed by atoms with E-state index in [0.717, 1.165) is 6.04 Å². The van der Waals surface area contributed by atoms with E-state index >= 15 is 0 Å². The van der Waals surface area contributed by atoms with Crippen LogP contribution in [0.1, 0.15) is 45.4 Å². The second kappa shape index (κ2) is 3.15. The Hall–Kier alpha value is -0.720. The molecule has 0 amide bonds. The topological polar surface area (TPSA) is 3.24 Å². The Morgan fingerprint density at radius 2 is 1.64 bits per heavy atom. The summed E-state index contributed by atoms with van der Waals surface area (Å²) < 4.78 is 0. The number of piperidine rings is 2. The lowest BCUT2D eigenvalue weighted by molar-refractivity contribution is 0.190. The van der Waals surface area contributed by atoms with E-state index in [9.17, 15) is 0 Å². The van der Waals surface area contributed by atoms with Gasteiger partial charge in [0.05, 0.1) is 0 Å². The van der Waals surface area contributed by atoms with E-state index in [2.05, 4.69) is 24.0 Å². The lowest BCUT2D eigenvalue weighted by Gasteiger charge is -2.46. The fourth-order valence-corrected chi connectivity index (χ4v) is 3.32. The van der Waals surface area contributed by atoms with Crippen LogP contribution in [0.2, 0.25) is 0 Å². The molecule has 1 heteroatoms. The summed E-state index contributed by atoms with van der Waals surface area (Å²) in [6.45, 7) is 2.32. The van der Waals surface area contributed by atoms with Crippen LogP contribution in [0.3, 0.4) is 0 Å². The molecule has 0 N–H and O–H groups in total. The summed E-state index contributed by atoms with van der Waals surface area (Å²) >= 11 is 0. The van der Waals surface area contributed by atoms with Crippen LogP contribution < -0.4 is 0 Å². The van der Waals surface area contributed by atoms with Crippen molar-refractivity contribution in [1.29, 1.82) is 0 Å². The highest BCUT2D eigenvalue weighted by atomic mass is 15.2. The van der Waals surface area contributed by atoms with Crippen LogP contribution in [0.5, 0.6) is 0 Å². The molecular weight excluding hydrogens is 170 g/mol. The fourth-order valence-electron chi connectivity index (χ4n) is 3.32. The van der Waals surface area contributed by atoms with Gasteiger partial charge in [-0.3, -0.25) is 0 Å². The van der Waals surface area contributed by atoms with Gasteiger partial charge in [-0.2, -0.15) is 0 Å². The number of nitrogens with zero attached hydrogens (tertiary/aromatic N) is 1. The van der Waals surface area contributed by atoms with Crippen molar-refractivity contribution in [2.45, 2.75) is 51.5 Å². The molecule has 3 heterocycles. The third kappa shape index (κ3) is 1.22. The van der Waals surface area contributed by atoms with Crippen molar-refractivity contribution >= 4 is 0 Å². The number of rotatable bonds is 0. The van der Waals surface area contributed by atoms with E-state index in [-0.39, 0.29) is 0 Å². The Balaban J connectivity index is 1.97. The first-order valence-corrected chi connectivity index (χ1v) is 6.05. The molecular formula is C13H19N. The predicted octanol–water partition coefficient (Wildman–Crippen LogP) is 3.44. The van der Waals surface area contributed by atoms with Gasteiger partial charge in [-0.1, -0.05) is 19.1 Å². The van der Waals surface area contributed by atoms with Crippen molar-refractivity contribution in [2.75, 3.05) is 0 Å². The Bertz CT molecular complexity index is 272. The van der Waals surface area contributed by atoms with E-state index in [1.807, 2.05) is 0 Å². The average molecular weight is 189 g/mol. The van der Waals surface area contributed by atoms with Crippen molar-refractivity contribution in [3.63, 3.8) is 0 Å². The van der Waals surface area contributed by atoms with Gasteiger partial charge in [-0.25, -0.2) is 0 Å². The van der Waals surface area contributed by atoms with Crippen molar-refractivity contribution < 1.29 is 0 Å². The Morgan fingerprint density at radius 3 is 2.21 bits per heavy atom. The molecule has 14 heavy (non-hydrogen) atoms. The molecule has 3 aliphatic heterocycles. The summed E-state index contributed by atoms with van der Waals surface area (Å²) in [6.07, 6.45) is 13.2. The molecule has 3 aliphatic rings. The standard InChI is InChI=1S/C13H19N/c1-10-8-12-6-2-4-11-5-3-7-13(9-10)14(11)12/h8-11H,2-7H2,1H3. The molecule has 0 saturated carbocycles. The minimum Gasteiger partial charge on any atom is -0.346 e. The predicted molar refractivity (Wildman–Crippen MR) is 58.7 cm³/mol. The lowest BCUT2D eigenvalue weighted by atomic mass is 9.85. The van der Waals surface area contributed by atoms with Crippen LogP contribution in [0.15, 0.2) is 23.5 Å². The van der Waals surface area contributed by atoms with Gasteiger partial charge < -0.3 is 4.90 Å². The second-order valence-electron chi connectivity index (χ2n) is 4.98. The summed E-state index contributed by atoms with van der Waals surface area (Å²) in [6, 6.07) is 0.850. The zero-order valence-electron chi connectivity index (χ0n) is 9.00. The van der Waals surface area contributed by atoms with Crippen molar-refractivity contribution in [3.05, 3.63) is 23.5 Å². The number of hydrogen-bond donors (Lipinski definition) is 0. The zero-order valence-corrected chi connectivity index (χ0v) is 9.00. The third-order valence-corrected chi connectivity index (χ3v) is 3.84. The van der Waals surface area contributed by atoms with Crippen LogP contribution in [0.4, 0.5) is 0 Å². The third-order valence-electron chi connectivity index (χ3n) is 3.84. The average Bonchev–Trinajstić information content (AvgIpc) is 2.18. The summed E-state index contributed by atoms with van der Waals surface area (Å²) in [5.74, 6) is 0.674.